The molecular formula is C11H24N2O3S. The number of aliphatic hydroxyl groups excluding tert-OH is 1. The first kappa shape index (κ1) is 14.9. The lowest BCUT2D eigenvalue weighted by Gasteiger charge is -2.23. The van der Waals surface area contributed by atoms with Crippen LogP contribution in [0.2, 0.25) is 0 Å². The molecule has 2 N–H and O–H groups in total. The highest BCUT2D eigenvalue weighted by molar-refractivity contribution is 7.87. The lowest BCUT2D eigenvalue weighted by atomic mass is 10.2. The Morgan fingerprint density at radius 2 is 1.71 bits per heavy atom. The highest BCUT2D eigenvalue weighted by Crippen LogP contribution is 2.13. The fourth-order valence-electron chi connectivity index (χ4n) is 2.17. The predicted octanol–water partition coefficient (Wildman–Crippen LogP) is 0.856. The molecule has 1 aliphatic rings. The highest BCUT2D eigenvalue weighted by atomic mass is 32.2. The van der Waals surface area contributed by atoms with Crippen molar-refractivity contribution in [1.82, 2.24) is 9.03 Å². The van der Waals surface area contributed by atoms with Crippen LogP contribution in [-0.4, -0.2) is 43.1 Å². The van der Waals surface area contributed by atoms with Crippen LogP contribution < -0.4 is 4.72 Å². The summed E-state index contributed by atoms with van der Waals surface area (Å²) in [5.41, 5.74) is 0. The molecule has 6 heteroatoms. The Bertz CT molecular complexity index is 309. The molecule has 0 saturated carbocycles. The van der Waals surface area contributed by atoms with Crippen molar-refractivity contribution in [2.75, 3.05) is 13.1 Å². The molecular weight excluding hydrogens is 240 g/mol. The Balaban J connectivity index is 2.54. The maximum absolute atomic E-state index is 12.1. The van der Waals surface area contributed by atoms with Crippen molar-refractivity contribution in [3.63, 3.8) is 0 Å². The number of rotatable bonds is 5. The van der Waals surface area contributed by atoms with Gasteiger partial charge in [-0.15, -0.1) is 0 Å². The summed E-state index contributed by atoms with van der Waals surface area (Å²) in [7, 11) is -3.38. The molecule has 1 rings (SSSR count). The average Bonchev–Trinajstić information content (AvgIpc) is 2.42. The number of hydrogen-bond acceptors (Lipinski definition) is 3. The van der Waals surface area contributed by atoms with Gasteiger partial charge >= 0.3 is 0 Å². The molecule has 1 saturated heterocycles. The second kappa shape index (κ2) is 6.68. The molecule has 0 bridgehead atoms. The van der Waals surface area contributed by atoms with Gasteiger partial charge in [0.25, 0.3) is 10.2 Å². The van der Waals surface area contributed by atoms with Crippen molar-refractivity contribution >= 4 is 10.2 Å². The predicted molar refractivity (Wildman–Crippen MR) is 67.9 cm³/mol. The highest BCUT2D eigenvalue weighted by Gasteiger charge is 2.24. The minimum atomic E-state index is -3.38. The fourth-order valence-corrected chi connectivity index (χ4v) is 3.66. The van der Waals surface area contributed by atoms with E-state index in [1.54, 1.807) is 13.8 Å². The van der Waals surface area contributed by atoms with Crippen molar-refractivity contribution in [1.29, 1.82) is 0 Å². The van der Waals surface area contributed by atoms with Gasteiger partial charge < -0.3 is 5.11 Å². The number of hydrogen-bond donors (Lipinski definition) is 2. The van der Waals surface area contributed by atoms with Gasteiger partial charge in [0, 0.05) is 19.1 Å². The first-order chi connectivity index (χ1) is 7.92. The Morgan fingerprint density at radius 1 is 1.18 bits per heavy atom. The largest absolute Gasteiger partial charge is 0.393 e. The third-order valence-electron chi connectivity index (χ3n) is 2.95. The van der Waals surface area contributed by atoms with E-state index in [1.165, 1.54) is 4.31 Å². The van der Waals surface area contributed by atoms with Crippen molar-refractivity contribution in [2.45, 2.75) is 58.1 Å². The van der Waals surface area contributed by atoms with Gasteiger partial charge in [-0.25, -0.2) is 0 Å². The van der Waals surface area contributed by atoms with E-state index in [-0.39, 0.29) is 6.04 Å². The topological polar surface area (TPSA) is 69.6 Å². The summed E-state index contributed by atoms with van der Waals surface area (Å²) in [6.07, 6.45) is 4.03. The molecule has 0 aromatic heterocycles. The molecule has 0 aromatic rings. The van der Waals surface area contributed by atoms with E-state index >= 15 is 0 Å². The lowest BCUT2D eigenvalue weighted by molar-refractivity contribution is 0.174. The third-order valence-corrected chi connectivity index (χ3v) is 4.69. The second-order valence-electron chi connectivity index (χ2n) is 4.92. The lowest BCUT2D eigenvalue weighted by Crippen LogP contribution is -2.45. The Morgan fingerprint density at radius 3 is 2.18 bits per heavy atom. The van der Waals surface area contributed by atoms with Crippen LogP contribution in [0.3, 0.4) is 0 Å². The molecule has 1 aliphatic heterocycles. The molecule has 0 spiro atoms. The zero-order chi connectivity index (χ0) is 12.9. The smallest absolute Gasteiger partial charge is 0.279 e. The monoisotopic (exact) mass is 264 g/mol. The minimum absolute atomic E-state index is 0.233. The third kappa shape index (κ3) is 5.33. The molecule has 5 nitrogen and oxygen atoms in total. The van der Waals surface area contributed by atoms with Gasteiger partial charge in [-0.05, 0) is 33.1 Å². The summed E-state index contributed by atoms with van der Waals surface area (Å²) in [4.78, 5) is 0. The SMILES string of the molecule is CC(O)CC(C)NS(=O)(=O)N1CCCCCC1. The van der Waals surface area contributed by atoms with Crippen LogP contribution in [0.4, 0.5) is 0 Å². The molecule has 0 radical (unpaired) electrons. The molecule has 2 atom stereocenters. The summed E-state index contributed by atoms with van der Waals surface area (Å²) in [5, 5.41) is 9.23. The Hall–Kier alpha value is -0.170. The van der Waals surface area contributed by atoms with Gasteiger partial charge in [0.05, 0.1) is 6.10 Å². The minimum Gasteiger partial charge on any atom is -0.393 e. The van der Waals surface area contributed by atoms with E-state index in [2.05, 4.69) is 4.72 Å². The molecule has 102 valence electrons. The molecule has 2 unspecified atom stereocenters. The van der Waals surface area contributed by atoms with Gasteiger partial charge in [0.15, 0.2) is 0 Å². The van der Waals surface area contributed by atoms with Crippen LogP contribution in [0, 0.1) is 0 Å². The quantitative estimate of drug-likeness (QED) is 0.773. The summed E-state index contributed by atoms with van der Waals surface area (Å²) < 4.78 is 28.3. The number of nitrogens with zero attached hydrogens (tertiary/aromatic N) is 1. The van der Waals surface area contributed by atoms with Gasteiger partial charge in [0.2, 0.25) is 0 Å². The molecule has 1 fully saturated rings. The number of aliphatic hydroxyl groups is 1. The first-order valence-corrected chi connectivity index (χ1v) is 7.81. The maximum Gasteiger partial charge on any atom is 0.279 e. The normalized spacial score (nSPS) is 23.0. The fraction of sp³-hybridized carbons (Fsp3) is 1.00. The molecule has 17 heavy (non-hydrogen) atoms. The van der Waals surface area contributed by atoms with E-state index in [0.717, 1.165) is 25.7 Å². The van der Waals surface area contributed by atoms with Crippen LogP contribution >= 0.6 is 0 Å². The summed E-state index contributed by atoms with van der Waals surface area (Å²) in [6, 6.07) is -0.233. The summed E-state index contributed by atoms with van der Waals surface area (Å²) in [6.45, 7) is 4.66. The van der Waals surface area contributed by atoms with Crippen LogP contribution in [-0.2, 0) is 10.2 Å². The number of nitrogens with one attached hydrogen (secondary N) is 1. The zero-order valence-electron chi connectivity index (χ0n) is 10.7. The Kier molecular flexibility index (Phi) is 5.85. The van der Waals surface area contributed by atoms with Crippen LogP contribution in [0.1, 0.15) is 46.0 Å². The van der Waals surface area contributed by atoms with Gasteiger partial charge in [-0.3, -0.25) is 0 Å². The van der Waals surface area contributed by atoms with E-state index in [1.807, 2.05) is 0 Å². The van der Waals surface area contributed by atoms with Crippen LogP contribution in [0.15, 0.2) is 0 Å². The second-order valence-corrected chi connectivity index (χ2v) is 6.62. The van der Waals surface area contributed by atoms with E-state index in [4.69, 9.17) is 0 Å². The van der Waals surface area contributed by atoms with Crippen LogP contribution in [0.5, 0.6) is 0 Å². The standard InChI is InChI=1S/C11H24N2O3S/c1-10(9-11(2)14)12-17(15,16)13-7-5-3-4-6-8-13/h10-12,14H,3-9H2,1-2H3. The van der Waals surface area contributed by atoms with E-state index in [0.29, 0.717) is 19.5 Å². The summed E-state index contributed by atoms with van der Waals surface area (Å²) >= 11 is 0. The first-order valence-electron chi connectivity index (χ1n) is 6.37. The average molecular weight is 264 g/mol. The van der Waals surface area contributed by atoms with Gasteiger partial charge in [0.1, 0.15) is 0 Å². The molecule has 0 aromatic carbocycles. The van der Waals surface area contributed by atoms with Crippen molar-refractivity contribution < 1.29 is 13.5 Å². The molecule has 0 aliphatic carbocycles. The van der Waals surface area contributed by atoms with E-state index in [9.17, 15) is 13.5 Å². The van der Waals surface area contributed by atoms with Gasteiger partial charge in [-0.2, -0.15) is 17.4 Å². The van der Waals surface area contributed by atoms with E-state index < -0.39 is 16.3 Å². The maximum atomic E-state index is 12.1. The van der Waals surface area contributed by atoms with Crippen molar-refractivity contribution in [3.8, 4) is 0 Å². The Labute approximate surface area is 104 Å². The van der Waals surface area contributed by atoms with Crippen LogP contribution in [0.25, 0.3) is 0 Å². The molecule has 0 amide bonds. The van der Waals surface area contributed by atoms with Crippen molar-refractivity contribution in [2.24, 2.45) is 0 Å². The molecule has 1 heterocycles. The zero-order valence-corrected chi connectivity index (χ0v) is 11.5. The van der Waals surface area contributed by atoms with Crippen molar-refractivity contribution in [3.05, 3.63) is 0 Å². The van der Waals surface area contributed by atoms with Gasteiger partial charge in [-0.1, -0.05) is 12.8 Å². The summed E-state index contributed by atoms with van der Waals surface area (Å²) in [5.74, 6) is 0.